The molecule has 0 aromatic carbocycles. The first-order chi connectivity index (χ1) is 8.56. The topological polar surface area (TPSA) is 69.6 Å². The molecular weight excluding hydrogens is 232 g/mol. The highest BCUT2D eigenvalue weighted by atomic mass is 16.4. The van der Waals surface area contributed by atoms with E-state index in [1.165, 1.54) is 0 Å². The second kappa shape index (κ2) is 6.90. The highest BCUT2D eigenvalue weighted by Crippen LogP contribution is 2.20. The Kier molecular flexibility index (Phi) is 5.50. The van der Waals surface area contributed by atoms with E-state index in [2.05, 4.69) is 11.2 Å². The Morgan fingerprint density at radius 2 is 2.11 bits per heavy atom. The summed E-state index contributed by atoms with van der Waals surface area (Å²) < 4.78 is 0. The number of urea groups is 1. The van der Waals surface area contributed by atoms with Crippen LogP contribution in [0.25, 0.3) is 0 Å². The largest absolute Gasteiger partial charge is 0.481 e. The zero-order valence-electron chi connectivity index (χ0n) is 10.7. The van der Waals surface area contributed by atoms with Crippen LogP contribution in [0.5, 0.6) is 0 Å². The molecule has 100 valence electrons. The molecule has 1 aliphatic rings. The summed E-state index contributed by atoms with van der Waals surface area (Å²) in [5.74, 6) is 1.93. The number of carbonyl (C=O) groups is 2. The summed E-state index contributed by atoms with van der Waals surface area (Å²) in [6.07, 6.45) is 7.67. The number of rotatable bonds is 4. The van der Waals surface area contributed by atoms with Crippen molar-refractivity contribution in [2.24, 2.45) is 5.92 Å². The lowest BCUT2D eigenvalue weighted by Gasteiger charge is -2.32. The Labute approximate surface area is 108 Å². The highest BCUT2D eigenvalue weighted by molar-refractivity contribution is 5.75. The van der Waals surface area contributed by atoms with E-state index in [0.717, 1.165) is 12.8 Å². The highest BCUT2D eigenvalue weighted by Gasteiger charge is 2.24. The number of aliphatic carboxylic acids is 1. The molecule has 5 heteroatoms. The van der Waals surface area contributed by atoms with Gasteiger partial charge in [-0.05, 0) is 25.2 Å². The van der Waals surface area contributed by atoms with Gasteiger partial charge in [0.2, 0.25) is 0 Å². The summed E-state index contributed by atoms with van der Waals surface area (Å²) in [5, 5.41) is 11.5. The third-order valence-corrected chi connectivity index (χ3v) is 3.27. The monoisotopic (exact) mass is 252 g/mol. The number of nitrogens with zero attached hydrogens (tertiary/aromatic N) is 1. The van der Waals surface area contributed by atoms with Crippen molar-refractivity contribution in [2.45, 2.75) is 38.6 Å². The number of likely N-dealkylation sites (tertiary alicyclic amines) is 1. The third-order valence-electron chi connectivity index (χ3n) is 3.27. The molecule has 1 saturated heterocycles. The molecule has 1 rings (SSSR count). The fourth-order valence-corrected chi connectivity index (χ4v) is 2.09. The Balaban J connectivity index is 2.36. The van der Waals surface area contributed by atoms with Gasteiger partial charge >= 0.3 is 12.0 Å². The molecule has 18 heavy (non-hydrogen) atoms. The predicted octanol–water partition coefficient (Wildman–Crippen LogP) is 1.29. The summed E-state index contributed by atoms with van der Waals surface area (Å²) in [6.45, 7) is 3.12. The van der Waals surface area contributed by atoms with Gasteiger partial charge in [0.05, 0.1) is 6.04 Å². The van der Waals surface area contributed by atoms with Crippen molar-refractivity contribution in [3.05, 3.63) is 0 Å². The molecule has 0 aromatic rings. The first kappa shape index (κ1) is 14.4. The van der Waals surface area contributed by atoms with Gasteiger partial charge in [-0.1, -0.05) is 12.8 Å². The second-order valence-electron chi connectivity index (χ2n) is 4.61. The number of amides is 2. The average Bonchev–Trinajstić information content (AvgIpc) is 2.35. The molecule has 0 radical (unpaired) electrons. The van der Waals surface area contributed by atoms with Gasteiger partial charge in [0.25, 0.3) is 0 Å². The minimum atomic E-state index is -0.767. The van der Waals surface area contributed by atoms with Crippen LogP contribution in [0.15, 0.2) is 0 Å². The molecule has 0 spiro atoms. The van der Waals surface area contributed by atoms with E-state index in [1.807, 2.05) is 6.92 Å². The molecular formula is C13H20N2O3. The summed E-state index contributed by atoms with van der Waals surface area (Å²) in [5.41, 5.74) is 0. The number of hydrogen-bond donors (Lipinski definition) is 2. The van der Waals surface area contributed by atoms with Crippen LogP contribution in [-0.4, -0.2) is 41.1 Å². The van der Waals surface area contributed by atoms with E-state index in [-0.39, 0.29) is 24.4 Å². The van der Waals surface area contributed by atoms with Crippen molar-refractivity contribution in [3.63, 3.8) is 0 Å². The molecule has 1 unspecified atom stereocenters. The number of nitrogens with one attached hydrogen (secondary N) is 1. The van der Waals surface area contributed by atoms with Gasteiger partial charge < -0.3 is 15.3 Å². The molecule has 0 aromatic heterocycles. The zero-order valence-corrected chi connectivity index (χ0v) is 10.7. The van der Waals surface area contributed by atoms with E-state index in [1.54, 1.807) is 4.90 Å². The number of terminal acetylenes is 1. The van der Waals surface area contributed by atoms with Gasteiger partial charge in [-0.3, -0.25) is 4.79 Å². The molecule has 2 amide bonds. The number of carboxylic acids is 1. The van der Waals surface area contributed by atoms with Crippen molar-refractivity contribution in [1.82, 2.24) is 10.2 Å². The van der Waals surface area contributed by atoms with Crippen molar-refractivity contribution in [1.29, 1.82) is 0 Å². The van der Waals surface area contributed by atoms with Crippen molar-refractivity contribution >= 4 is 12.0 Å². The van der Waals surface area contributed by atoms with Crippen LogP contribution in [0, 0.1) is 18.3 Å². The van der Waals surface area contributed by atoms with Crippen LogP contribution in [0.2, 0.25) is 0 Å². The first-order valence-corrected chi connectivity index (χ1v) is 6.30. The Bertz CT molecular complexity index is 341. The SMILES string of the molecule is C#CC(CC)NC(=O)N1CCC(CC(=O)O)CC1. The van der Waals surface area contributed by atoms with E-state index in [0.29, 0.717) is 19.5 Å². The van der Waals surface area contributed by atoms with Gasteiger partial charge in [-0.2, -0.15) is 0 Å². The van der Waals surface area contributed by atoms with E-state index < -0.39 is 5.97 Å². The number of carboxylic acid groups (broad SMARTS) is 1. The molecule has 5 nitrogen and oxygen atoms in total. The van der Waals surface area contributed by atoms with Gasteiger partial charge in [-0.15, -0.1) is 6.42 Å². The standard InChI is InChI=1S/C13H20N2O3/c1-3-11(4-2)14-13(18)15-7-5-10(6-8-15)9-12(16)17/h1,10-11H,4-9H2,2H3,(H,14,18)(H,16,17). The fourth-order valence-electron chi connectivity index (χ4n) is 2.09. The molecule has 1 atom stereocenters. The molecule has 2 N–H and O–H groups in total. The second-order valence-corrected chi connectivity index (χ2v) is 4.61. The summed E-state index contributed by atoms with van der Waals surface area (Å²) in [6, 6.07) is -0.372. The van der Waals surface area contributed by atoms with E-state index >= 15 is 0 Å². The van der Waals surface area contributed by atoms with Crippen molar-refractivity contribution < 1.29 is 14.7 Å². The Hall–Kier alpha value is -1.70. The van der Waals surface area contributed by atoms with Crippen LogP contribution < -0.4 is 5.32 Å². The van der Waals surface area contributed by atoms with Crippen LogP contribution in [0.1, 0.15) is 32.6 Å². The minimum Gasteiger partial charge on any atom is -0.481 e. The average molecular weight is 252 g/mol. The van der Waals surface area contributed by atoms with Crippen LogP contribution >= 0.6 is 0 Å². The smallest absolute Gasteiger partial charge is 0.318 e. The molecule has 1 heterocycles. The minimum absolute atomic E-state index is 0.145. The van der Waals surface area contributed by atoms with Gasteiger partial charge in [0, 0.05) is 19.5 Å². The van der Waals surface area contributed by atoms with Crippen LogP contribution in [0.3, 0.4) is 0 Å². The summed E-state index contributed by atoms with van der Waals surface area (Å²) >= 11 is 0. The quantitative estimate of drug-likeness (QED) is 0.741. The number of piperidine rings is 1. The molecule has 0 bridgehead atoms. The van der Waals surface area contributed by atoms with Crippen LogP contribution in [0.4, 0.5) is 4.79 Å². The maximum atomic E-state index is 11.9. The molecule has 0 saturated carbocycles. The fraction of sp³-hybridized carbons (Fsp3) is 0.692. The molecule has 1 aliphatic heterocycles. The first-order valence-electron chi connectivity index (χ1n) is 6.30. The lowest BCUT2D eigenvalue weighted by Crippen LogP contribution is -2.47. The molecule has 1 fully saturated rings. The van der Waals surface area contributed by atoms with Crippen molar-refractivity contribution in [2.75, 3.05) is 13.1 Å². The van der Waals surface area contributed by atoms with Gasteiger partial charge in [0.15, 0.2) is 0 Å². The maximum absolute atomic E-state index is 11.9. The Morgan fingerprint density at radius 3 is 2.56 bits per heavy atom. The summed E-state index contributed by atoms with van der Waals surface area (Å²) in [4.78, 5) is 24.2. The van der Waals surface area contributed by atoms with Crippen LogP contribution in [-0.2, 0) is 4.79 Å². The zero-order chi connectivity index (χ0) is 13.5. The van der Waals surface area contributed by atoms with Crippen molar-refractivity contribution in [3.8, 4) is 12.3 Å². The number of carbonyl (C=O) groups excluding carboxylic acids is 1. The maximum Gasteiger partial charge on any atom is 0.318 e. The lowest BCUT2D eigenvalue weighted by atomic mass is 9.94. The third kappa shape index (κ3) is 4.28. The van der Waals surface area contributed by atoms with Gasteiger partial charge in [-0.25, -0.2) is 4.79 Å². The normalized spacial score (nSPS) is 17.9. The lowest BCUT2D eigenvalue weighted by molar-refractivity contribution is -0.138. The molecule has 0 aliphatic carbocycles. The van der Waals surface area contributed by atoms with E-state index in [9.17, 15) is 9.59 Å². The summed E-state index contributed by atoms with van der Waals surface area (Å²) in [7, 11) is 0. The number of hydrogen-bond acceptors (Lipinski definition) is 2. The predicted molar refractivity (Wildman–Crippen MR) is 68.0 cm³/mol. The van der Waals surface area contributed by atoms with Gasteiger partial charge in [0.1, 0.15) is 0 Å². The van der Waals surface area contributed by atoms with E-state index in [4.69, 9.17) is 11.5 Å². The Morgan fingerprint density at radius 1 is 1.50 bits per heavy atom.